The van der Waals surface area contributed by atoms with E-state index in [0.717, 1.165) is 12.8 Å². The number of hydrogen-bond acceptors (Lipinski definition) is 3. The van der Waals surface area contributed by atoms with Crippen LogP contribution in [0.3, 0.4) is 0 Å². The minimum absolute atomic E-state index is 0. The second-order valence-corrected chi connectivity index (χ2v) is 3.42. The van der Waals surface area contributed by atoms with E-state index in [0.29, 0.717) is 12.8 Å². The summed E-state index contributed by atoms with van der Waals surface area (Å²) in [6.07, 6.45) is 3.03. The van der Waals surface area contributed by atoms with E-state index in [-0.39, 0.29) is 18.4 Å². The Bertz CT molecular complexity index is 181. The molecule has 0 radical (unpaired) electrons. The third-order valence-corrected chi connectivity index (χ3v) is 1.94. The second kappa shape index (κ2) is 4.79. The topological polar surface area (TPSA) is 75.3 Å². The van der Waals surface area contributed by atoms with E-state index in [2.05, 4.69) is 5.32 Å². The molecule has 1 rings (SSSR count). The Balaban J connectivity index is 0.00000144. The van der Waals surface area contributed by atoms with E-state index in [1.54, 1.807) is 0 Å². The van der Waals surface area contributed by atoms with Crippen molar-refractivity contribution >= 4 is 18.3 Å². The predicted molar refractivity (Wildman–Crippen MR) is 52.5 cm³/mol. The first-order valence-electron chi connectivity index (χ1n) is 4.38. The maximum Gasteiger partial charge on any atom is 0.267 e. The van der Waals surface area contributed by atoms with Crippen LogP contribution in [-0.4, -0.2) is 22.8 Å². The molecule has 0 unspecified atom stereocenters. The van der Waals surface area contributed by atoms with E-state index >= 15 is 0 Å². The molecule has 0 aromatic heterocycles. The summed E-state index contributed by atoms with van der Waals surface area (Å²) in [7, 11) is 0. The molecule has 0 heterocycles. The first kappa shape index (κ1) is 12.7. The molecule has 78 valence electrons. The number of amides is 1. The molecule has 4 N–H and O–H groups in total. The third kappa shape index (κ3) is 3.93. The zero-order chi connectivity index (χ0) is 9.19. The minimum atomic E-state index is -1.67. The number of aliphatic hydroxyl groups is 1. The molecule has 0 aliphatic heterocycles. The van der Waals surface area contributed by atoms with Gasteiger partial charge in [-0.3, -0.25) is 10.5 Å². The molecule has 1 aliphatic carbocycles. The van der Waals surface area contributed by atoms with E-state index < -0.39 is 11.6 Å². The number of nitrogens with one attached hydrogen (secondary N) is 1. The van der Waals surface area contributed by atoms with Gasteiger partial charge in [-0.05, 0) is 19.3 Å². The highest BCUT2D eigenvalue weighted by atomic mass is 35.5. The van der Waals surface area contributed by atoms with Crippen molar-refractivity contribution in [3.8, 4) is 0 Å². The SMILES string of the molecule is CCC[C@](N)(O)C(=O)NC1CC1.Cl. The molecule has 1 aliphatic rings. The number of halogens is 1. The highest BCUT2D eigenvalue weighted by Gasteiger charge is 2.34. The van der Waals surface area contributed by atoms with Crippen LogP contribution in [0.15, 0.2) is 0 Å². The van der Waals surface area contributed by atoms with E-state index in [1.807, 2.05) is 6.92 Å². The molecule has 1 atom stereocenters. The van der Waals surface area contributed by atoms with Crippen LogP contribution in [0.2, 0.25) is 0 Å². The largest absolute Gasteiger partial charge is 0.368 e. The number of carbonyl (C=O) groups is 1. The monoisotopic (exact) mass is 208 g/mol. The van der Waals surface area contributed by atoms with Gasteiger partial charge in [0.25, 0.3) is 5.91 Å². The van der Waals surface area contributed by atoms with Crippen molar-refractivity contribution in [1.82, 2.24) is 5.32 Å². The number of rotatable bonds is 4. The van der Waals surface area contributed by atoms with E-state index in [9.17, 15) is 9.90 Å². The minimum Gasteiger partial charge on any atom is -0.368 e. The van der Waals surface area contributed by atoms with Crippen molar-refractivity contribution in [2.75, 3.05) is 0 Å². The number of carbonyl (C=O) groups excluding carboxylic acids is 1. The number of hydrogen-bond donors (Lipinski definition) is 3. The van der Waals surface area contributed by atoms with Gasteiger partial charge in [0.15, 0.2) is 5.72 Å². The first-order valence-corrected chi connectivity index (χ1v) is 4.38. The Morgan fingerprint density at radius 2 is 2.23 bits per heavy atom. The molecule has 0 bridgehead atoms. The van der Waals surface area contributed by atoms with Gasteiger partial charge in [-0.25, -0.2) is 0 Å². The standard InChI is InChI=1S/C8H16N2O2.ClH/c1-2-5-8(9,12)7(11)10-6-3-4-6;/h6,12H,2-5,9H2,1H3,(H,10,11);1H/t8-;/m0./s1. The maximum atomic E-state index is 11.2. The molecule has 0 aromatic carbocycles. The van der Waals surface area contributed by atoms with Crippen LogP contribution in [0, 0.1) is 0 Å². The Hall–Kier alpha value is -0.320. The van der Waals surface area contributed by atoms with Gasteiger partial charge in [-0.2, -0.15) is 0 Å². The molecule has 0 spiro atoms. The zero-order valence-corrected chi connectivity index (χ0v) is 8.56. The Morgan fingerprint density at radius 1 is 1.69 bits per heavy atom. The summed E-state index contributed by atoms with van der Waals surface area (Å²) in [5.74, 6) is -0.438. The Labute approximate surface area is 84.3 Å². The molecule has 1 fully saturated rings. The van der Waals surface area contributed by atoms with Gasteiger partial charge in [0.05, 0.1) is 0 Å². The van der Waals surface area contributed by atoms with Crippen molar-refractivity contribution in [1.29, 1.82) is 0 Å². The molecule has 0 aromatic rings. The number of nitrogens with two attached hydrogens (primary N) is 1. The quantitative estimate of drug-likeness (QED) is 0.575. The van der Waals surface area contributed by atoms with Gasteiger partial charge >= 0.3 is 0 Å². The van der Waals surface area contributed by atoms with Crippen LogP contribution in [0.25, 0.3) is 0 Å². The Kier molecular flexibility index (Phi) is 4.67. The van der Waals surface area contributed by atoms with Gasteiger partial charge in [0, 0.05) is 6.04 Å². The van der Waals surface area contributed by atoms with Crippen molar-refractivity contribution in [2.45, 2.75) is 44.4 Å². The Morgan fingerprint density at radius 3 is 2.62 bits per heavy atom. The lowest BCUT2D eigenvalue weighted by molar-refractivity contribution is -0.140. The molecule has 5 heteroatoms. The summed E-state index contributed by atoms with van der Waals surface area (Å²) >= 11 is 0. The van der Waals surface area contributed by atoms with Crippen molar-refractivity contribution in [3.05, 3.63) is 0 Å². The average molecular weight is 209 g/mol. The van der Waals surface area contributed by atoms with Gasteiger partial charge in [0.1, 0.15) is 0 Å². The van der Waals surface area contributed by atoms with Crippen LogP contribution in [0.5, 0.6) is 0 Å². The summed E-state index contributed by atoms with van der Waals surface area (Å²) in [5.41, 5.74) is 3.72. The van der Waals surface area contributed by atoms with Crippen LogP contribution in [0.4, 0.5) is 0 Å². The molecule has 1 amide bonds. The lowest BCUT2D eigenvalue weighted by Crippen LogP contribution is -2.54. The van der Waals surface area contributed by atoms with Crippen molar-refractivity contribution < 1.29 is 9.90 Å². The second-order valence-electron chi connectivity index (χ2n) is 3.42. The van der Waals surface area contributed by atoms with Gasteiger partial charge < -0.3 is 10.4 Å². The van der Waals surface area contributed by atoms with Crippen molar-refractivity contribution in [2.24, 2.45) is 5.73 Å². The summed E-state index contributed by atoms with van der Waals surface area (Å²) in [4.78, 5) is 11.2. The van der Waals surface area contributed by atoms with Gasteiger partial charge in [-0.1, -0.05) is 13.3 Å². The fraction of sp³-hybridized carbons (Fsp3) is 0.875. The lowest BCUT2D eigenvalue weighted by Gasteiger charge is -2.20. The lowest BCUT2D eigenvalue weighted by atomic mass is 10.1. The van der Waals surface area contributed by atoms with E-state index in [1.165, 1.54) is 0 Å². The summed E-state index contributed by atoms with van der Waals surface area (Å²) in [6.45, 7) is 1.88. The fourth-order valence-corrected chi connectivity index (χ4v) is 1.03. The third-order valence-electron chi connectivity index (χ3n) is 1.94. The fourth-order valence-electron chi connectivity index (χ4n) is 1.03. The first-order chi connectivity index (χ1) is 5.56. The molecular formula is C8H17ClN2O2. The molecule has 13 heavy (non-hydrogen) atoms. The summed E-state index contributed by atoms with van der Waals surface area (Å²) in [5, 5.41) is 12.1. The zero-order valence-electron chi connectivity index (χ0n) is 7.75. The predicted octanol–water partition coefficient (Wildman–Crippen LogP) is 0.134. The average Bonchev–Trinajstić information content (AvgIpc) is 2.71. The normalized spacial score (nSPS) is 19.9. The van der Waals surface area contributed by atoms with Crippen molar-refractivity contribution in [3.63, 3.8) is 0 Å². The molecule has 4 nitrogen and oxygen atoms in total. The molecule has 1 saturated carbocycles. The van der Waals surface area contributed by atoms with Crippen LogP contribution < -0.4 is 11.1 Å². The highest BCUT2D eigenvalue weighted by Crippen LogP contribution is 2.19. The summed E-state index contributed by atoms with van der Waals surface area (Å²) in [6, 6.07) is 0.254. The summed E-state index contributed by atoms with van der Waals surface area (Å²) < 4.78 is 0. The van der Waals surface area contributed by atoms with Gasteiger partial charge in [-0.15, -0.1) is 12.4 Å². The molecule has 0 saturated heterocycles. The van der Waals surface area contributed by atoms with Crippen LogP contribution in [0.1, 0.15) is 32.6 Å². The smallest absolute Gasteiger partial charge is 0.267 e. The van der Waals surface area contributed by atoms with Crippen LogP contribution in [-0.2, 0) is 4.79 Å². The van der Waals surface area contributed by atoms with E-state index in [4.69, 9.17) is 5.73 Å². The van der Waals surface area contributed by atoms with Crippen LogP contribution >= 0.6 is 12.4 Å². The maximum absolute atomic E-state index is 11.2. The molecular weight excluding hydrogens is 192 g/mol. The highest BCUT2D eigenvalue weighted by molar-refractivity contribution is 5.85. The van der Waals surface area contributed by atoms with Gasteiger partial charge in [0.2, 0.25) is 0 Å².